The number of allylic oxidation sites excluding steroid dienone is 2. The lowest BCUT2D eigenvalue weighted by Crippen LogP contribution is -1.90. The largest absolute Gasteiger partial charge is 0.342 e. The van der Waals surface area contributed by atoms with Crippen molar-refractivity contribution in [2.24, 2.45) is 7.05 Å². The second-order valence-corrected chi connectivity index (χ2v) is 3.59. The van der Waals surface area contributed by atoms with E-state index >= 15 is 0 Å². The predicted molar refractivity (Wildman–Crippen MR) is 62.3 cm³/mol. The van der Waals surface area contributed by atoms with Crippen molar-refractivity contribution in [2.45, 2.75) is 0 Å². The van der Waals surface area contributed by atoms with Crippen LogP contribution in [0.5, 0.6) is 0 Å². The van der Waals surface area contributed by atoms with Crippen LogP contribution in [0.4, 0.5) is 0 Å². The van der Waals surface area contributed by atoms with Gasteiger partial charge in [0.25, 0.3) is 0 Å². The third-order valence-electron chi connectivity index (χ3n) is 2.76. The standard InChI is InChI=1S/C13H10N2/c1-15-12-6-4-2-3-5-10(12)11-7-8-14-9-13(11)15/h2-3,5-9H,1H3. The van der Waals surface area contributed by atoms with E-state index in [0.717, 1.165) is 5.52 Å². The van der Waals surface area contributed by atoms with Crippen LogP contribution in [0, 0.1) is 0 Å². The fraction of sp³-hybridized carbons (Fsp3) is 0.0769. The molecule has 15 heavy (non-hydrogen) atoms. The first kappa shape index (κ1) is 8.27. The fourth-order valence-electron chi connectivity index (χ4n) is 2.01. The highest BCUT2D eigenvalue weighted by atomic mass is 15.0. The molecule has 0 radical (unpaired) electrons. The normalized spacial score (nSPS) is 13.1. The van der Waals surface area contributed by atoms with Gasteiger partial charge in [-0.25, -0.2) is 0 Å². The van der Waals surface area contributed by atoms with Crippen molar-refractivity contribution in [3.8, 4) is 0 Å². The Kier molecular flexibility index (Phi) is 1.64. The SMILES string of the molecule is Cn1c2c(c3ccncc31)C=CC=C=C2. The minimum atomic E-state index is 1.16. The van der Waals surface area contributed by atoms with Gasteiger partial charge in [0.05, 0.1) is 17.4 Å². The van der Waals surface area contributed by atoms with Crippen LogP contribution < -0.4 is 0 Å². The van der Waals surface area contributed by atoms with Crippen molar-refractivity contribution in [3.05, 3.63) is 47.6 Å². The third-order valence-corrected chi connectivity index (χ3v) is 2.76. The Balaban J connectivity index is 2.53. The van der Waals surface area contributed by atoms with E-state index in [9.17, 15) is 0 Å². The van der Waals surface area contributed by atoms with Crippen LogP contribution in [0.15, 0.2) is 36.3 Å². The molecule has 2 heteroatoms. The van der Waals surface area contributed by atoms with Crippen LogP contribution in [0.2, 0.25) is 0 Å². The van der Waals surface area contributed by atoms with Gasteiger partial charge in [-0.2, -0.15) is 0 Å². The quantitative estimate of drug-likeness (QED) is 0.590. The summed E-state index contributed by atoms with van der Waals surface area (Å²) < 4.78 is 2.15. The second-order valence-electron chi connectivity index (χ2n) is 3.59. The first-order valence-electron chi connectivity index (χ1n) is 4.89. The molecule has 0 atom stereocenters. The summed E-state index contributed by atoms with van der Waals surface area (Å²) in [5.41, 5.74) is 6.72. The third kappa shape index (κ3) is 1.09. The Labute approximate surface area is 87.9 Å². The summed E-state index contributed by atoms with van der Waals surface area (Å²) in [6.07, 6.45) is 11.8. The lowest BCUT2D eigenvalue weighted by atomic mass is 10.1. The van der Waals surface area contributed by atoms with Gasteiger partial charge in [-0.15, -0.1) is 5.73 Å². The van der Waals surface area contributed by atoms with Crippen LogP contribution in [-0.2, 0) is 7.05 Å². The summed E-state index contributed by atoms with van der Waals surface area (Å²) in [5.74, 6) is 0. The number of aryl methyl sites for hydroxylation is 1. The minimum Gasteiger partial charge on any atom is -0.342 e. The van der Waals surface area contributed by atoms with Crippen molar-refractivity contribution in [3.63, 3.8) is 0 Å². The van der Waals surface area contributed by atoms with Crippen molar-refractivity contribution >= 4 is 23.1 Å². The molecule has 2 aromatic rings. The topological polar surface area (TPSA) is 17.8 Å². The highest BCUT2D eigenvalue weighted by Gasteiger charge is 2.10. The molecule has 72 valence electrons. The molecule has 0 unspecified atom stereocenters. The first-order chi connectivity index (χ1) is 7.38. The summed E-state index contributed by atoms with van der Waals surface area (Å²) in [6, 6.07) is 2.05. The molecule has 0 amide bonds. The zero-order chi connectivity index (χ0) is 10.3. The molecule has 0 aliphatic heterocycles. The van der Waals surface area contributed by atoms with Crippen molar-refractivity contribution < 1.29 is 0 Å². The van der Waals surface area contributed by atoms with Gasteiger partial charge < -0.3 is 4.57 Å². The van der Waals surface area contributed by atoms with Crippen LogP contribution in [0.3, 0.4) is 0 Å². The highest BCUT2D eigenvalue weighted by Crippen LogP contribution is 2.27. The average molecular weight is 194 g/mol. The van der Waals surface area contributed by atoms with Gasteiger partial charge >= 0.3 is 0 Å². The van der Waals surface area contributed by atoms with E-state index in [1.54, 1.807) is 0 Å². The second kappa shape index (κ2) is 2.97. The zero-order valence-electron chi connectivity index (χ0n) is 8.44. The molecule has 1 aliphatic carbocycles. The molecule has 0 spiro atoms. The van der Waals surface area contributed by atoms with E-state index in [0.29, 0.717) is 0 Å². The summed E-state index contributed by atoms with van der Waals surface area (Å²) >= 11 is 0. The van der Waals surface area contributed by atoms with Crippen LogP contribution in [-0.4, -0.2) is 9.55 Å². The summed E-state index contributed by atoms with van der Waals surface area (Å²) in [6.45, 7) is 0. The molecule has 0 saturated heterocycles. The molecule has 2 heterocycles. The van der Waals surface area contributed by atoms with Crippen molar-refractivity contribution in [1.82, 2.24) is 9.55 Å². The van der Waals surface area contributed by atoms with E-state index < -0.39 is 0 Å². The Morgan fingerprint density at radius 3 is 3.27 bits per heavy atom. The van der Waals surface area contributed by atoms with Gasteiger partial charge in [0.1, 0.15) is 0 Å². The number of fused-ring (bicyclic) bond motifs is 3. The summed E-state index contributed by atoms with van der Waals surface area (Å²) in [5, 5.41) is 1.24. The molecule has 0 aromatic carbocycles. The first-order valence-corrected chi connectivity index (χ1v) is 4.89. The van der Waals surface area contributed by atoms with Gasteiger partial charge in [0.15, 0.2) is 0 Å². The maximum Gasteiger partial charge on any atom is 0.0675 e. The number of rotatable bonds is 0. The Bertz CT molecular complexity index is 623. The maximum atomic E-state index is 4.15. The smallest absolute Gasteiger partial charge is 0.0675 e. The number of hydrogen-bond acceptors (Lipinski definition) is 1. The van der Waals surface area contributed by atoms with Gasteiger partial charge in [-0.1, -0.05) is 12.2 Å². The molecule has 0 fully saturated rings. The molecule has 1 aliphatic rings. The van der Waals surface area contributed by atoms with Gasteiger partial charge in [0, 0.05) is 30.3 Å². The summed E-state index contributed by atoms with van der Waals surface area (Å²) in [7, 11) is 2.06. The molecule has 0 N–H and O–H groups in total. The summed E-state index contributed by atoms with van der Waals surface area (Å²) in [4.78, 5) is 4.15. The molecule has 2 nitrogen and oxygen atoms in total. The molecule has 2 aromatic heterocycles. The van der Waals surface area contributed by atoms with E-state index in [4.69, 9.17) is 0 Å². The lowest BCUT2D eigenvalue weighted by Gasteiger charge is -1.97. The predicted octanol–water partition coefficient (Wildman–Crippen LogP) is 2.77. The zero-order valence-corrected chi connectivity index (χ0v) is 8.44. The highest BCUT2D eigenvalue weighted by molar-refractivity contribution is 5.93. The van der Waals surface area contributed by atoms with E-state index in [1.807, 2.05) is 30.6 Å². The van der Waals surface area contributed by atoms with Gasteiger partial charge in [-0.05, 0) is 12.1 Å². The Morgan fingerprint density at radius 2 is 2.33 bits per heavy atom. The minimum absolute atomic E-state index is 1.16. The van der Waals surface area contributed by atoms with Crippen LogP contribution in [0.25, 0.3) is 23.1 Å². The number of hydrogen-bond donors (Lipinski definition) is 0. The number of pyridine rings is 1. The van der Waals surface area contributed by atoms with E-state index in [-0.39, 0.29) is 0 Å². The fourth-order valence-corrected chi connectivity index (χ4v) is 2.01. The lowest BCUT2D eigenvalue weighted by molar-refractivity contribution is 0.950. The Hall–Kier alpha value is -2.05. The molecular weight excluding hydrogens is 184 g/mol. The van der Waals surface area contributed by atoms with E-state index in [2.05, 4.69) is 34.5 Å². The average Bonchev–Trinajstić information content (AvgIpc) is 2.48. The van der Waals surface area contributed by atoms with Crippen molar-refractivity contribution in [2.75, 3.05) is 0 Å². The van der Waals surface area contributed by atoms with Gasteiger partial charge in [0.2, 0.25) is 0 Å². The van der Waals surface area contributed by atoms with Crippen LogP contribution >= 0.6 is 0 Å². The maximum absolute atomic E-state index is 4.15. The molecular formula is C13H10N2. The van der Waals surface area contributed by atoms with Crippen molar-refractivity contribution in [1.29, 1.82) is 0 Å². The molecule has 0 bridgehead atoms. The van der Waals surface area contributed by atoms with Crippen LogP contribution in [0.1, 0.15) is 11.3 Å². The number of aromatic nitrogens is 2. The molecule has 3 rings (SSSR count). The Morgan fingerprint density at radius 1 is 1.40 bits per heavy atom. The van der Waals surface area contributed by atoms with Gasteiger partial charge in [-0.3, -0.25) is 4.98 Å². The number of nitrogens with zero attached hydrogens (tertiary/aromatic N) is 2. The van der Waals surface area contributed by atoms with E-state index in [1.165, 1.54) is 16.6 Å². The monoisotopic (exact) mass is 194 g/mol. The molecule has 0 saturated carbocycles.